The average Bonchev–Trinajstić information content (AvgIpc) is 3.65. The Bertz CT molecular complexity index is 2360. The molecule has 8 rings (SSSR count). The van der Waals surface area contributed by atoms with Gasteiger partial charge in [-0.25, -0.2) is 4.98 Å². The second-order valence-corrected chi connectivity index (χ2v) is 19.4. The number of rotatable bonds is 7. The zero-order valence-corrected chi connectivity index (χ0v) is 31.3. The van der Waals surface area contributed by atoms with E-state index in [1.807, 2.05) is 6.20 Å². The molecule has 0 spiro atoms. The molecule has 2 aromatic heterocycles. The van der Waals surface area contributed by atoms with Crippen LogP contribution in [0.1, 0.15) is 50.7 Å². The van der Waals surface area contributed by atoms with Gasteiger partial charge in [-0.1, -0.05) is 124 Å². The molecule has 7 aromatic rings. The number of anilines is 3. The molecule has 0 amide bonds. The van der Waals surface area contributed by atoms with Gasteiger partial charge >= 0.3 is 0 Å². The van der Waals surface area contributed by atoms with Gasteiger partial charge in [0.2, 0.25) is 0 Å². The Labute approximate surface area is 297 Å². The summed E-state index contributed by atoms with van der Waals surface area (Å²) in [6, 6.07) is 45.3. The van der Waals surface area contributed by atoms with E-state index in [4.69, 9.17) is 4.98 Å². The highest BCUT2D eigenvalue weighted by Crippen LogP contribution is 2.40. The molecule has 5 aromatic carbocycles. The minimum Gasteiger partial charge on any atom is -0.355 e. The molecule has 1 aliphatic rings. The molecule has 0 saturated heterocycles. The van der Waals surface area contributed by atoms with E-state index in [0.29, 0.717) is 11.8 Å². The number of fused-ring (bicyclic) bond motifs is 4. The summed E-state index contributed by atoms with van der Waals surface area (Å²) in [6.45, 7) is 15.0. The molecule has 0 saturated carbocycles. The fourth-order valence-corrected chi connectivity index (χ4v) is 10.4. The molecule has 0 aliphatic carbocycles. The molecule has 1 aliphatic heterocycles. The normalized spacial score (nSPS) is 13.3. The largest absolute Gasteiger partial charge is 0.355 e. The lowest BCUT2D eigenvalue weighted by atomic mass is 9.85. The molecular formula is C45H46N4Si. The summed E-state index contributed by atoms with van der Waals surface area (Å²) in [5, 5.41) is 5.35. The first-order valence-corrected chi connectivity index (χ1v) is 20.9. The first-order valence-electron chi connectivity index (χ1n) is 17.9. The van der Waals surface area contributed by atoms with E-state index < -0.39 is 8.07 Å². The van der Waals surface area contributed by atoms with Gasteiger partial charge in [0.05, 0.1) is 29.1 Å². The number of para-hydroxylation sites is 3. The Balaban J connectivity index is 1.26. The number of benzene rings is 5. The van der Waals surface area contributed by atoms with Crippen LogP contribution in [0.4, 0.5) is 17.1 Å². The Kier molecular flexibility index (Phi) is 7.91. The van der Waals surface area contributed by atoms with Gasteiger partial charge in [0.25, 0.3) is 0 Å². The molecule has 0 atom stereocenters. The average molecular weight is 671 g/mol. The zero-order valence-electron chi connectivity index (χ0n) is 30.3. The van der Waals surface area contributed by atoms with Crippen LogP contribution in [0.2, 0.25) is 13.1 Å². The van der Waals surface area contributed by atoms with Crippen molar-refractivity contribution in [3.05, 3.63) is 139 Å². The third-order valence-electron chi connectivity index (χ3n) is 10.8. The molecule has 50 heavy (non-hydrogen) atoms. The van der Waals surface area contributed by atoms with Crippen LogP contribution in [0.3, 0.4) is 0 Å². The predicted octanol–water partition coefficient (Wildman–Crippen LogP) is 10.5. The van der Waals surface area contributed by atoms with E-state index in [1.165, 1.54) is 71.5 Å². The molecule has 3 heterocycles. The van der Waals surface area contributed by atoms with Gasteiger partial charge in [-0.2, -0.15) is 0 Å². The van der Waals surface area contributed by atoms with E-state index in [-0.39, 0.29) is 0 Å². The smallest absolute Gasteiger partial charge is 0.138 e. The number of aromatic nitrogens is 2. The van der Waals surface area contributed by atoms with E-state index >= 15 is 0 Å². The van der Waals surface area contributed by atoms with Crippen LogP contribution >= 0.6 is 0 Å². The molecule has 250 valence electrons. The Morgan fingerprint density at radius 3 is 2.04 bits per heavy atom. The number of hydrogen-bond acceptors (Lipinski definition) is 3. The van der Waals surface area contributed by atoms with E-state index in [1.54, 1.807) is 0 Å². The lowest BCUT2D eigenvalue weighted by Crippen LogP contribution is -2.53. The van der Waals surface area contributed by atoms with E-state index in [0.717, 1.165) is 12.5 Å². The van der Waals surface area contributed by atoms with Crippen LogP contribution in [0.15, 0.2) is 128 Å². The Morgan fingerprint density at radius 2 is 1.28 bits per heavy atom. The molecule has 5 heteroatoms. The van der Waals surface area contributed by atoms with Crippen molar-refractivity contribution in [2.75, 3.05) is 23.5 Å². The van der Waals surface area contributed by atoms with Crippen LogP contribution in [-0.4, -0.2) is 31.3 Å². The van der Waals surface area contributed by atoms with Crippen LogP contribution in [0.25, 0.3) is 38.8 Å². The van der Waals surface area contributed by atoms with Crippen LogP contribution in [-0.2, 0) is 0 Å². The fraction of sp³-hybridized carbons (Fsp3) is 0.222. The number of hydrogen-bond donors (Lipinski definition) is 0. The van der Waals surface area contributed by atoms with Crippen molar-refractivity contribution >= 4 is 57.3 Å². The highest BCUT2D eigenvalue weighted by Gasteiger charge is 2.30. The predicted molar refractivity (Wildman–Crippen MR) is 217 cm³/mol. The van der Waals surface area contributed by atoms with Gasteiger partial charge < -0.3 is 9.80 Å². The SMILES string of the molecule is CC(C)c1cccc(C(C)C)c1-c1ccnc(-n2c3ccccc3c3ccc([Si](C)(C)c4cccc(N5CN(C)c6ccccc65)c4)cc32)c1. The van der Waals surface area contributed by atoms with Gasteiger partial charge in [-0.3, -0.25) is 4.57 Å². The van der Waals surface area contributed by atoms with Crippen molar-refractivity contribution in [1.82, 2.24) is 9.55 Å². The number of nitrogens with zero attached hydrogens (tertiary/aromatic N) is 4. The minimum atomic E-state index is -2.11. The van der Waals surface area contributed by atoms with E-state index in [9.17, 15) is 0 Å². The van der Waals surface area contributed by atoms with Gasteiger partial charge in [0, 0.05) is 29.7 Å². The third-order valence-corrected chi connectivity index (χ3v) is 14.4. The molecule has 0 N–H and O–H groups in total. The summed E-state index contributed by atoms with van der Waals surface area (Å²) in [4.78, 5) is 9.81. The zero-order chi connectivity index (χ0) is 34.7. The fourth-order valence-electron chi connectivity index (χ4n) is 8.02. The summed E-state index contributed by atoms with van der Waals surface area (Å²) >= 11 is 0. The molecule has 0 bridgehead atoms. The second-order valence-electron chi connectivity index (χ2n) is 15.0. The van der Waals surface area contributed by atoms with Crippen molar-refractivity contribution in [2.24, 2.45) is 0 Å². The van der Waals surface area contributed by atoms with Crippen LogP contribution in [0, 0.1) is 0 Å². The summed E-state index contributed by atoms with van der Waals surface area (Å²) in [5.41, 5.74) is 11.5. The second kappa shape index (κ2) is 12.3. The third kappa shape index (κ3) is 5.23. The molecule has 4 nitrogen and oxygen atoms in total. The van der Waals surface area contributed by atoms with Gasteiger partial charge in [-0.15, -0.1) is 0 Å². The molecular weight excluding hydrogens is 625 g/mol. The van der Waals surface area contributed by atoms with E-state index in [2.05, 4.69) is 184 Å². The maximum absolute atomic E-state index is 5.05. The summed E-state index contributed by atoms with van der Waals surface area (Å²) in [6.07, 6.45) is 1.99. The van der Waals surface area contributed by atoms with Gasteiger partial charge in [0.15, 0.2) is 0 Å². The van der Waals surface area contributed by atoms with Crippen LogP contribution < -0.4 is 20.2 Å². The van der Waals surface area contributed by atoms with Crippen molar-refractivity contribution in [3.63, 3.8) is 0 Å². The Hall–Kier alpha value is -5.13. The first-order chi connectivity index (χ1) is 24.1. The molecule has 0 fully saturated rings. The lowest BCUT2D eigenvalue weighted by Gasteiger charge is -2.27. The van der Waals surface area contributed by atoms with Crippen LogP contribution in [0.5, 0.6) is 0 Å². The Morgan fingerprint density at radius 1 is 0.620 bits per heavy atom. The minimum absolute atomic E-state index is 0.419. The summed E-state index contributed by atoms with van der Waals surface area (Å²) in [7, 11) is 0.0589. The van der Waals surface area contributed by atoms with Crippen molar-refractivity contribution < 1.29 is 0 Å². The summed E-state index contributed by atoms with van der Waals surface area (Å²) < 4.78 is 2.39. The van der Waals surface area contributed by atoms with Crippen molar-refractivity contribution in [3.8, 4) is 16.9 Å². The maximum atomic E-state index is 5.05. The van der Waals surface area contributed by atoms with Crippen molar-refractivity contribution in [1.29, 1.82) is 0 Å². The van der Waals surface area contributed by atoms with Gasteiger partial charge in [0.1, 0.15) is 13.9 Å². The number of pyridine rings is 1. The summed E-state index contributed by atoms with van der Waals surface area (Å²) in [5.74, 6) is 1.79. The molecule has 0 radical (unpaired) electrons. The first kappa shape index (κ1) is 32.1. The lowest BCUT2D eigenvalue weighted by molar-refractivity contribution is 0.838. The monoisotopic (exact) mass is 670 g/mol. The highest BCUT2D eigenvalue weighted by molar-refractivity contribution is 7.00. The quantitative estimate of drug-likeness (QED) is 0.158. The molecule has 0 unspecified atom stereocenters. The van der Waals surface area contributed by atoms with Crippen molar-refractivity contribution in [2.45, 2.75) is 52.6 Å². The highest BCUT2D eigenvalue weighted by atomic mass is 28.3. The standard InChI is InChI=1S/C45H46N4Si/c1-30(2)36-17-13-18-37(31(3)4)45(36)32-24-25-46-44(26-32)49-40-19-9-8-16-38(40)39-23-22-35(28-43(39)49)50(6,7)34-15-12-14-33(27-34)48-29-47(5)41-20-10-11-21-42(41)48/h8-28,30-31H,29H2,1-7H3. The van der Waals surface area contributed by atoms with Gasteiger partial charge in [-0.05, 0) is 82.6 Å². The maximum Gasteiger partial charge on any atom is 0.138 e. The topological polar surface area (TPSA) is 24.3 Å².